The van der Waals surface area contributed by atoms with E-state index in [2.05, 4.69) is 164 Å². The van der Waals surface area contributed by atoms with Gasteiger partial charge in [0.05, 0.1) is 0 Å². The van der Waals surface area contributed by atoms with E-state index in [1.165, 1.54) is 45.0 Å². The average Bonchev–Trinajstić information content (AvgIpc) is 3.46. The Labute approximate surface area is 316 Å². The predicted octanol–water partition coefficient (Wildman–Crippen LogP) is 14.3. The molecule has 5 aromatic carbocycles. The van der Waals surface area contributed by atoms with Gasteiger partial charge < -0.3 is 19.9 Å². The Morgan fingerprint density at radius 2 is 0.820 bits per heavy atom. The van der Waals surface area contributed by atoms with Gasteiger partial charge in [0.25, 0.3) is 0 Å². The fraction of sp³-hybridized carbons (Fsp3) is 0.311. The number of hydrogen-bond donors (Lipinski definition) is 0. The van der Waals surface area contributed by atoms with E-state index in [-0.39, 0.29) is 22.4 Å². The second-order valence-corrected chi connectivity index (χ2v) is 14.6. The van der Waals surface area contributed by atoms with Gasteiger partial charge in [0, 0.05) is 45.1 Å². The molecule has 4 nitrogen and oxygen atoms in total. The van der Waals surface area contributed by atoms with E-state index in [1.807, 2.05) is 24.3 Å². The largest absolute Gasteiger partial charge is 0.651 e. The van der Waals surface area contributed by atoms with E-state index < -0.39 is 0 Å². The van der Waals surface area contributed by atoms with Crippen molar-refractivity contribution in [1.29, 1.82) is 0 Å². The standard InChI is InChI=1S/C31H39N2.C14H12NO.Au/c1-20(2)24-13-11-14-25(21(3)4)30(24)32-19-33(29-18-10-9-17-28(29)32)31-26(22(5)6)15-12-16-27(31)23(7)8;1-9-5-3-7-11-13(9)15-14-10(2)6-4-8-12(14)16-11;/h9-23H,1-8H3;3-8H,1-2H3;/q2*-1;. The molecular weight excluding hydrogens is 795 g/mol. The molecule has 5 aromatic rings. The molecule has 0 aliphatic carbocycles. The molecular formula is C45H51AuN3O-2. The Bertz CT molecular complexity index is 1770. The summed E-state index contributed by atoms with van der Waals surface area (Å²) in [6.07, 6.45) is 0. The molecule has 0 spiro atoms. The van der Waals surface area contributed by atoms with Crippen LogP contribution in [-0.4, -0.2) is 0 Å². The summed E-state index contributed by atoms with van der Waals surface area (Å²) in [5.41, 5.74) is 15.0. The summed E-state index contributed by atoms with van der Waals surface area (Å²) in [6, 6.07) is 34.5. The fourth-order valence-corrected chi connectivity index (χ4v) is 6.99. The van der Waals surface area contributed by atoms with Crippen molar-refractivity contribution in [2.45, 2.75) is 92.9 Å². The maximum Gasteiger partial charge on any atom is 0.113 e. The van der Waals surface area contributed by atoms with Crippen LogP contribution in [0.4, 0.5) is 34.1 Å². The van der Waals surface area contributed by atoms with Gasteiger partial charge in [-0.2, -0.15) is 0 Å². The van der Waals surface area contributed by atoms with Gasteiger partial charge in [0.1, 0.15) is 11.5 Å². The van der Waals surface area contributed by atoms with Crippen LogP contribution < -0.4 is 14.5 Å². The third-order valence-electron chi connectivity index (χ3n) is 9.64. The molecule has 0 N–H and O–H groups in total. The van der Waals surface area contributed by atoms with Gasteiger partial charge in [-0.05, 0) is 84.0 Å². The van der Waals surface area contributed by atoms with E-state index in [0.717, 1.165) is 34.0 Å². The predicted molar refractivity (Wildman–Crippen MR) is 209 cm³/mol. The molecule has 2 heterocycles. The molecule has 2 aliphatic heterocycles. The minimum Gasteiger partial charge on any atom is -0.651 e. The molecule has 0 fully saturated rings. The second-order valence-electron chi connectivity index (χ2n) is 14.6. The smallest absolute Gasteiger partial charge is 0.113 e. The third-order valence-corrected chi connectivity index (χ3v) is 9.64. The quantitative estimate of drug-likeness (QED) is 0.124. The van der Waals surface area contributed by atoms with Gasteiger partial charge in [-0.3, -0.25) is 0 Å². The zero-order valence-corrected chi connectivity index (χ0v) is 33.3. The number of rotatable bonds is 6. The summed E-state index contributed by atoms with van der Waals surface area (Å²) < 4.78 is 5.85. The zero-order valence-electron chi connectivity index (χ0n) is 31.2. The molecule has 7 rings (SSSR count). The molecule has 50 heavy (non-hydrogen) atoms. The van der Waals surface area contributed by atoms with Crippen LogP contribution >= 0.6 is 0 Å². The topological polar surface area (TPSA) is 29.8 Å². The van der Waals surface area contributed by atoms with E-state index in [1.54, 1.807) is 0 Å². The summed E-state index contributed by atoms with van der Waals surface area (Å²) in [6.45, 7) is 24.8. The molecule has 0 amide bonds. The summed E-state index contributed by atoms with van der Waals surface area (Å²) in [5, 5.41) is 4.68. The van der Waals surface area contributed by atoms with Crippen LogP contribution in [0.1, 0.15) is 112 Å². The third kappa shape index (κ3) is 7.12. The number of anilines is 4. The van der Waals surface area contributed by atoms with E-state index >= 15 is 0 Å². The van der Waals surface area contributed by atoms with Crippen LogP contribution in [0.3, 0.4) is 0 Å². The number of para-hydroxylation sites is 6. The van der Waals surface area contributed by atoms with Crippen molar-refractivity contribution in [3.05, 3.63) is 142 Å². The van der Waals surface area contributed by atoms with Crippen LogP contribution in [0.15, 0.2) is 97.1 Å². The minimum atomic E-state index is 0. The molecule has 265 valence electrons. The van der Waals surface area contributed by atoms with Crippen molar-refractivity contribution in [3.8, 4) is 11.5 Å². The van der Waals surface area contributed by atoms with Crippen LogP contribution in [-0.2, 0) is 22.4 Å². The van der Waals surface area contributed by atoms with E-state index in [4.69, 9.17) is 4.74 Å². The molecule has 1 radical (unpaired) electrons. The molecule has 0 saturated heterocycles. The maximum atomic E-state index is 5.85. The van der Waals surface area contributed by atoms with Gasteiger partial charge in [0.15, 0.2) is 0 Å². The molecule has 0 saturated carbocycles. The Hall–Kier alpha value is -3.96. The first-order valence-electron chi connectivity index (χ1n) is 17.8. The number of ether oxygens (including phenoxy) is 1. The molecule has 2 aliphatic rings. The monoisotopic (exact) mass is 846 g/mol. The molecule has 0 unspecified atom stereocenters. The van der Waals surface area contributed by atoms with Crippen LogP contribution in [0, 0.1) is 20.5 Å². The van der Waals surface area contributed by atoms with Crippen LogP contribution in [0.25, 0.3) is 5.32 Å². The summed E-state index contributed by atoms with van der Waals surface area (Å²) in [5.74, 6) is 3.48. The Balaban J connectivity index is 0.000000238. The van der Waals surface area contributed by atoms with Crippen molar-refractivity contribution in [3.63, 3.8) is 0 Å². The van der Waals surface area contributed by atoms with Crippen molar-refractivity contribution in [2.75, 3.05) is 9.80 Å². The van der Waals surface area contributed by atoms with Crippen LogP contribution in [0.5, 0.6) is 11.5 Å². The van der Waals surface area contributed by atoms with Crippen molar-refractivity contribution in [1.82, 2.24) is 0 Å². The summed E-state index contributed by atoms with van der Waals surface area (Å²) in [7, 11) is 0. The van der Waals surface area contributed by atoms with Crippen molar-refractivity contribution in [2.24, 2.45) is 0 Å². The molecule has 0 bridgehead atoms. The Kier molecular flexibility index (Phi) is 11.6. The number of benzene rings is 5. The first-order chi connectivity index (χ1) is 23.5. The SMILES string of the molecule is CC(C)c1cccc(C(C)C)c1N1[CH-]N(c2c(C(C)C)cccc2C(C)C)c2ccccc21.Cc1cccc2c1[N-]c1c(C)cccc1O2.[Au]. The van der Waals surface area contributed by atoms with Crippen molar-refractivity contribution >= 4 is 34.1 Å². The average molecular weight is 847 g/mol. The first kappa shape index (κ1) is 37.3. The number of aryl methyl sites for hydroxylation is 2. The van der Waals surface area contributed by atoms with Crippen molar-refractivity contribution < 1.29 is 27.1 Å². The molecule has 0 aromatic heterocycles. The number of nitrogens with zero attached hydrogens (tertiary/aromatic N) is 3. The molecule has 0 atom stereocenters. The Morgan fingerprint density at radius 3 is 1.16 bits per heavy atom. The number of hydrogen-bond acceptors (Lipinski definition) is 3. The zero-order chi connectivity index (χ0) is 35.0. The van der Waals surface area contributed by atoms with E-state index in [0.29, 0.717) is 23.7 Å². The molecule has 5 heteroatoms. The van der Waals surface area contributed by atoms with E-state index in [9.17, 15) is 0 Å². The van der Waals surface area contributed by atoms with Gasteiger partial charge in [-0.25, -0.2) is 0 Å². The number of fused-ring (bicyclic) bond motifs is 3. The van der Waals surface area contributed by atoms with Gasteiger partial charge in [0.2, 0.25) is 0 Å². The normalized spacial score (nSPS) is 12.9. The van der Waals surface area contributed by atoms with Gasteiger partial charge in [-0.1, -0.05) is 151 Å². The first-order valence-corrected chi connectivity index (χ1v) is 17.8. The van der Waals surface area contributed by atoms with Gasteiger partial charge in [-0.15, -0.1) is 6.67 Å². The minimum absolute atomic E-state index is 0. The summed E-state index contributed by atoms with van der Waals surface area (Å²) in [4.78, 5) is 4.89. The fourth-order valence-electron chi connectivity index (χ4n) is 6.99. The van der Waals surface area contributed by atoms with Crippen LogP contribution in [0.2, 0.25) is 0 Å². The Morgan fingerprint density at radius 1 is 0.480 bits per heavy atom. The maximum absolute atomic E-state index is 5.85. The second kappa shape index (κ2) is 15.5. The van der Waals surface area contributed by atoms with Gasteiger partial charge >= 0.3 is 0 Å². The summed E-state index contributed by atoms with van der Waals surface area (Å²) >= 11 is 0.